The number of aromatic nitrogens is 4. The molecule has 49 heavy (non-hydrogen) atoms. The molecule has 2 saturated heterocycles. The maximum Gasteiger partial charge on any atom is 0.418 e. The minimum atomic E-state index is -4.90. The van der Waals surface area contributed by atoms with Crippen molar-refractivity contribution in [2.45, 2.75) is 51.4 Å². The highest BCUT2D eigenvalue weighted by Gasteiger charge is 2.41. The number of nitrogen functional groups attached to an aromatic ring is 2. The van der Waals surface area contributed by atoms with Gasteiger partial charge in [-0.3, -0.25) is 4.90 Å². The summed E-state index contributed by atoms with van der Waals surface area (Å²) in [5, 5.41) is -0.337. The van der Waals surface area contributed by atoms with Crippen molar-refractivity contribution in [3.8, 4) is 23.0 Å². The Bertz CT molecular complexity index is 1920. The fourth-order valence-corrected chi connectivity index (χ4v) is 7.61. The van der Waals surface area contributed by atoms with Gasteiger partial charge in [-0.1, -0.05) is 17.7 Å². The summed E-state index contributed by atoms with van der Waals surface area (Å²) in [5.74, 6) is -0.806. The molecule has 1 aromatic carbocycles. The summed E-state index contributed by atoms with van der Waals surface area (Å²) in [5.41, 5.74) is 9.67. The predicted octanol–water partition coefficient (Wildman–Crippen LogP) is 6.17. The van der Waals surface area contributed by atoms with E-state index in [-0.39, 0.29) is 71.6 Å². The average Bonchev–Trinajstić information content (AvgIpc) is 3.18. The second kappa shape index (κ2) is 12.9. The van der Waals surface area contributed by atoms with Crippen LogP contribution in [0.15, 0.2) is 24.4 Å². The third kappa shape index (κ3) is 6.01. The van der Waals surface area contributed by atoms with Gasteiger partial charge in [0.1, 0.15) is 29.6 Å². The topological polar surface area (TPSA) is 138 Å². The largest absolute Gasteiger partial charge is 0.489 e. The van der Waals surface area contributed by atoms with Crippen LogP contribution in [0.1, 0.15) is 48.9 Å². The van der Waals surface area contributed by atoms with Crippen molar-refractivity contribution in [2.24, 2.45) is 5.92 Å². The lowest BCUT2D eigenvalue weighted by Gasteiger charge is -2.30. The van der Waals surface area contributed by atoms with E-state index in [1.54, 1.807) is 12.3 Å². The van der Waals surface area contributed by atoms with Crippen LogP contribution in [0, 0.1) is 18.7 Å². The first-order valence-corrected chi connectivity index (χ1v) is 16.4. The Kier molecular flexibility index (Phi) is 8.78. The normalized spacial score (nSPS) is 20.4. The second-order valence-corrected chi connectivity index (χ2v) is 13.0. The summed E-state index contributed by atoms with van der Waals surface area (Å²) in [7, 11) is 0. The standard InChI is InChI=1S/C33H35ClF4N8O3/c1-16-13-21(39)42-27(24(16)33(36,37)38)22-25(34)29-23-28(26(22)35)43-32(49-14-18-7-9-45-15-47-11-4-6-20(18)45)44-31(23)46(10-12-48-29)17(2)19-5-3-8-41-30(19)40/h3,5,8,13,17-18,20H,4,6-7,9-12,14-15H2,1-2H3,(H2,39,42)(H2,40,41)/t17-,18-,20?/m1/s1. The molecule has 4 aromatic rings. The van der Waals surface area contributed by atoms with E-state index >= 15 is 4.39 Å². The van der Waals surface area contributed by atoms with E-state index in [2.05, 4.69) is 19.9 Å². The number of fused-ring (bicyclic) bond motifs is 1. The summed E-state index contributed by atoms with van der Waals surface area (Å²) in [4.78, 5) is 21.5. The Morgan fingerprint density at radius 2 is 1.96 bits per heavy atom. The number of hydrogen-bond acceptors (Lipinski definition) is 11. The molecule has 2 fully saturated rings. The highest BCUT2D eigenvalue weighted by Crippen LogP contribution is 2.51. The number of halogens is 5. The molecule has 4 N–H and O–H groups in total. The Hall–Kier alpha value is -4.21. The van der Waals surface area contributed by atoms with Gasteiger partial charge in [0, 0.05) is 36.9 Å². The number of nitrogens with two attached hydrogens (primary N) is 2. The van der Waals surface area contributed by atoms with Gasteiger partial charge in [-0.05, 0) is 50.8 Å². The van der Waals surface area contributed by atoms with Gasteiger partial charge in [-0.2, -0.15) is 23.1 Å². The average molecular weight is 703 g/mol. The van der Waals surface area contributed by atoms with Crippen LogP contribution in [0.25, 0.3) is 22.2 Å². The Balaban J connectivity index is 1.41. The Labute approximate surface area is 284 Å². The number of nitrogens with zero attached hydrogens (tertiary/aromatic N) is 6. The van der Waals surface area contributed by atoms with Gasteiger partial charge < -0.3 is 30.6 Å². The molecule has 6 heterocycles. The molecule has 11 nitrogen and oxygen atoms in total. The fraction of sp³-hybridized carbons (Fsp3) is 0.455. The van der Waals surface area contributed by atoms with Crippen molar-refractivity contribution < 1.29 is 31.8 Å². The predicted molar refractivity (Wildman–Crippen MR) is 176 cm³/mol. The van der Waals surface area contributed by atoms with Gasteiger partial charge in [-0.15, -0.1) is 0 Å². The van der Waals surface area contributed by atoms with Gasteiger partial charge in [0.2, 0.25) is 0 Å². The van der Waals surface area contributed by atoms with E-state index in [1.165, 1.54) is 6.92 Å². The number of anilines is 3. The molecule has 0 spiro atoms. The van der Waals surface area contributed by atoms with Crippen LogP contribution in [0.3, 0.4) is 0 Å². The minimum Gasteiger partial charge on any atom is -0.489 e. The number of aryl methyl sites for hydroxylation is 1. The number of hydrogen-bond donors (Lipinski definition) is 2. The van der Waals surface area contributed by atoms with Crippen LogP contribution < -0.4 is 25.8 Å². The van der Waals surface area contributed by atoms with E-state index in [1.807, 2.05) is 17.9 Å². The molecule has 3 atom stereocenters. The zero-order valence-electron chi connectivity index (χ0n) is 26.9. The van der Waals surface area contributed by atoms with E-state index in [0.29, 0.717) is 24.7 Å². The van der Waals surface area contributed by atoms with Gasteiger partial charge in [0.05, 0.1) is 53.2 Å². The maximum atomic E-state index is 17.0. The molecule has 1 unspecified atom stereocenters. The van der Waals surface area contributed by atoms with Gasteiger partial charge in [0.25, 0.3) is 0 Å². The summed E-state index contributed by atoms with van der Waals surface area (Å²) in [6.45, 7) is 5.71. The highest BCUT2D eigenvalue weighted by atomic mass is 35.5. The molecule has 3 aliphatic heterocycles. The molecule has 260 valence electrons. The molecule has 0 radical (unpaired) electrons. The highest BCUT2D eigenvalue weighted by molar-refractivity contribution is 6.36. The van der Waals surface area contributed by atoms with E-state index in [4.69, 9.17) is 42.3 Å². The van der Waals surface area contributed by atoms with Crippen LogP contribution >= 0.6 is 11.6 Å². The van der Waals surface area contributed by atoms with Crippen molar-refractivity contribution in [1.29, 1.82) is 0 Å². The molecule has 7 rings (SSSR count). The lowest BCUT2D eigenvalue weighted by molar-refractivity contribution is -0.137. The third-order valence-corrected chi connectivity index (χ3v) is 9.97. The molecule has 3 aromatic heterocycles. The zero-order chi connectivity index (χ0) is 34.6. The molecule has 0 saturated carbocycles. The number of benzene rings is 1. The van der Waals surface area contributed by atoms with Crippen molar-refractivity contribution in [3.63, 3.8) is 0 Å². The van der Waals surface area contributed by atoms with Crippen molar-refractivity contribution >= 4 is 40.0 Å². The van der Waals surface area contributed by atoms with E-state index in [0.717, 1.165) is 31.9 Å². The Morgan fingerprint density at radius 1 is 1.14 bits per heavy atom. The first-order chi connectivity index (χ1) is 23.4. The number of ether oxygens (including phenoxy) is 3. The van der Waals surface area contributed by atoms with Crippen LogP contribution in [0.5, 0.6) is 11.8 Å². The number of alkyl halides is 3. The molecular formula is C33H35ClF4N8O3. The number of rotatable bonds is 6. The van der Waals surface area contributed by atoms with Gasteiger partial charge in [0.15, 0.2) is 11.6 Å². The minimum absolute atomic E-state index is 0.0219. The van der Waals surface area contributed by atoms with Crippen LogP contribution in [0.4, 0.5) is 35.0 Å². The van der Waals surface area contributed by atoms with Gasteiger partial charge in [-0.25, -0.2) is 14.4 Å². The zero-order valence-corrected chi connectivity index (χ0v) is 27.6. The maximum absolute atomic E-state index is 17.0. The third-order valence-electron chi connectivity index (χ3n) is 9.61. The first kappa shape index (κ1) is 33.3. The van der Waals surface area contributed by atoms with E-state index < -0.39 is 39.9 Å². The van der Waals surface area contributed by atoms with Gasteiger partial charge >= 0.3 is 12.2 Å². The molecule has 0 aliphatic carbocycles. The second-order valence-electron chi connectivity index (χ2n) is 12.6. The van der Waals surface area contributed by atoms with Crippen LogP contribution in [-0.2, 0) is 10.9 Å². The van der Waals surface area contributed by atoms with E-state index in [9.17, 15) is 13.2 Å². The molecular weight excluding hydrogens is 668 g/mol. The smallest absolute Gasteiger partial charge is 0.418 e. The van der Waals surface area contributed by atoms with Crippen molar-refractivity contribution in [1.82, 2.24) is 24.8 Å². The monoisotopic (exact) mass is 702 g/mol. The van der Waals surface area contributed by atoms with Crippen LogP contribution in [0.2, 0.25) is 5.02 Å². The summed E-state index contributed by atoms with van der Waals surface area (Å²) in [6.07, 6.45) is -0.595. The summed E-state index contributed by atoms with van der Waals surface area (Å²) in [6, 6.07) is 4.30. The molecule has 3 aliphatic rings. The number of pyridine rings is 2. The lowest BCUT2D eigenvalue weighted by Crippen LogP contribution is -2.34. The summed E-state index contributed by atoms with van der Waals surface area (Å²) >= 11 is 6.80. The molecule has 0 bridgehead atoms. The quantitative estimate of drug-likeness (QED) is 0.223. The fourth-order valence-electron chi connectivity index (χ4n) is 7.29. The SMILES string of the molecule is Cc1cc(N)nc(-c2c(Cl)c3c4c(nc(OC[C@H]5CCN6COCCCC56)nc4c2F)N([C@H](C)c2cccnc2N)CCO3)c1C(F)(F)F. The lowest BCUT2D eigenvalue weighted by atomic mass is 9.97. The molecule has 16 heteroatoms. The van der Waals surface area contributed by atoms with Crippen molar-refractivity contribution in [3.05, 3.63) is 51.9 Å². The van der Waals surface area contributed by atoms with Crippen molar-refractivity contribution in [2.75, 3.05) is 56.0 Å². The Morgan fingerprint density at radius 3 is 2.73 bits per heavy atom. The first-order valence-electron chi connectivity index (χ1n) is 16.1. The van der Waals surface area contributed by atoms with Crippen LogP contribution in [-0.4, -0.2) is 70.5 Å². The summed E-state index contributed by atoms with van der Waals surface area (Å²) < 4.78 is 78.4. The molecule has 0 amide bonds.